The molecular formula is C13H29N2O2P. The van der Waals surface area contributed by atoms with E-state index >= 15 is 0 Å². The highest BCUT2D eigenvalue weighted by Crippen LogP contribution is 2.48. The Labute approximate surface area is 113 Å². The van der Waals surface area contributed by atoms with Gasteiger partial charge in [-0.15, -0.1) is 0 Å². The summed E-state index contributed by atoms with van der Waals surface area (Å²) in [6, 6.07) is 2.25. The maximum absolute atomic E-state index is 12.0. The number of rotatable bonds is 3. The molecule has 5 heteroatoms. The Morgan fingerprint density at radius 3 is 2.06 bits per heavy atom. The summed E-state index contributed by atoms with van der Waals surface area (Å²) in [5.74, 6) is 0.132. The van der Waals surface area contributed by atoms with Gasteiger partial charge in [-0.2, -0.15) is 5.26 Å². The average Bonchev–Trinajstić information content (AvgIpc) is 2.43. The van der Waals surface area contributed by atoms with Crippen molar-refractivity contribution in [3.05, 3.63) is 0 Å². The third kappa shape index (κ3) is 7.16. The molecule has 1 atom stereocenters. The maximum atomic E-state index is 12.0. The zero-order valence-electron chi connectivity index (χ0n) is 12.8. The Bertz CT molecular complexity index is 269. The van der Waals surface area contributed by atoms with Crippen LogP contribution in [-0.4, -0.2) is 31.0 Å². The molecule has 0 spiro atoms. The third-order valence-corrected chi connectivity index (χ3v) is 4.70. The van der Waals surface area contributed by atoms with Gasteiger partial charge in [-0.3, -0.25) is 4.57 Å². The summed E-state index contributed by atoms with van der Waals surface area (Å²) in [6.45, 7) is 13.4. The first-order valence-corrected chi connectivity index (χ1v) is 8.99. The Morgan fingerprint density at radius 2 is 1.72 bits per heavy atom. The lowest BCUT2D eigenvalue weighted by Gasteiger charge is -2.32. The summed E-state index contributed by atoms with van der Waals surface area (Å²) in [4.78, 5) is 0. The lowest BCUT2D eigenvalue weighted by atomic mass is 10.0. The van der Waals surface area contributed by atoms with E-state index in [1.54, 1.807) is 6.66 Å². The van der Waals surface area contributed by atoms with E-state index in [9.17, 15) is 4.57 Å². The second-order valence-corrected chi connectivity index (χ2v) is 6.01. The van der Waals surface area contributed by atoms with Crippen LogP contribution in [0.5, 0.6) is 0 Å². The van der Waals surface area contributed by atoms with Crippen molar-refractivity contribution in [3.63, 3.8) is 0 Å². The highest BCUT2D eigenvalue weighted by molar-refractivity contribution is 7.55. The number of nitrogens with zero attached hydrogens (tertiary/aromatic N) is 2. The van der Waals surface area contributed by atoms with Gasteiger partial charge in [0.25, 0.3) is 7.52 Å². The van der Waals surface area contributed by atoms with Crippen LogP contribution in [0.2, 0.25) is 0 Å². The first-order chi connectivity index (χ1) is 8.60. The van der Waals surface area contributed by atoms with E-state index < -0.39 is 7.52 Å². The molecule has 1 aliphatic rings. The van der Waals surface area contributed by atoms with E-state index in [0.717, 1.165) is 12.8 Å². The molecule has 1 saturated heterocycles. The Kier molecular flexibility index (Phi) is 13.0. The molecule has 1 fully saturated rings. The number of hydrogen-bond donors (Lipinski definition) is 0. The Hall–Kier alpha value is -0.360. The minimum absolute atomic E-state index is 0.132. The molecule has 1 heterocycles. The molecule has 0 N–H and O–H groups in total. The zero-order valence-corrected chi connectivity index (χ0v) is 13.7. The second kappa shape index (κ2) is 11.7. The van der Waals surface area contributed by atoms with Gasteiger partial charge in [0.2, 0.25) is 0 Å². The minimum atomic E-state index is -2.58. The fraction of sp³-hybridized carbons (Fsp3) is 0.923. The van der Waals surface area contributed by atoms with Crippen LogP contribution >= 0.6 is 7.52 Å². The van der Waals surface area contributed by atoms with E-state index in [4.69, 9.17) is 9.79 Å². The van der Waals surface area contributed by atoms with Crippen molar-refractivity contribution in [2.45, 2.75) is 47.5 Å². The summed E-state index contributed by atoms with van der Waals surface area (Å²) in [6.07, 6.45) is 1.61. The molecule has 0 aromatic heterocycles. The van der Waals surface area contributed by atoms with Crippen molar-refractivity contribution in [1.82, 2.24) is 4.67 Å². The fourth-order valence-electron chi connectivity index (χ4n) is 1.68. The van der Waals surface area contributed by atoms with Gasteiger partial charge < -0.3 is 4.52 Å². The molecule has 0 aliphatic carbocycles. The molecule has 0 aromatic carbocycles. The van der Waals surface area contributed by atoms with E-state index in [1.807, 2.05) is 39.3 Å². The lowest BCUT2D eigenvalue weighted by molar-refractivity contribution is 0.241. The molecule has 108 valence electrons. The van der Waals surface area contributed by atoms with Crippen molar-refractivity contribution >= 4 is 7.52 Å². The molecule has 0 saturated carbocycles. The first-order valence-electron chi connectivity index (χ1n) is 6.97. The van der Waals surface area contributed by atoms with E-state index in [-0.39, 0.29) is 5.92 Å². The maximum Gasteiger partial charge on any atom is 0.269 e. The summed E-state index contributed by atoms with van der Waals surface area (Å²) < 4.78 is 19.1. The van der Waals surface area contributed by atoms with Gasteiger partial charge in [0.15, 0.2) is 0 Å². The fourth-order valence-corrected chi connectivity index (χ4v) is 3.28. The Morgan fingerprint density at radius 1 is 1.28 bits per heavy atom. The van der Waals surface area contributed by atoms with Crippen molar-refractivity contribution in [2.75, 3.05) is 26.4 Å². The van der Waals surface area contributed by atoms with Crippen LogP contribution in [-0.2, 0) is 9.09 Å². The zero-order chi connectivity index (χ0) is 14.6. The molecule has 0 radical (unpaired) electrons. The summed E-state index contributed by atoms with van der Waals surface area (Å²) >= 11 is 0. The Balaban J connectivity index is 0. The molecular weight excluding hydrogens is 247 g/mol. The second-order valence-electron chi connectivity index (χ2n) is 3.58. The first kappa shape index (κ1) is 20.0. The predicted molar refractivity (Wildman–Crippen MR) is 77.8 cm³/mol. The van der Waals surface area contributed by atoms with Gasteiger partial charge in [0.05, 0.1) is 12.7 Å². The predicted octanol–water partition coefficient (Wildman–Crippen LogP) is 4.13. The molecule has 0 amide bonds. The summed E-state index contributed by atoms with van der Waals surface area (Å²) in [5.41, 5.74) is 0. The van der Waals surface area contributed by atoms with Crippen molar-refractivity contribution in [2.24, 2.45) is 5.92 Å². The molecule has 18 heavy (non-hydrogen) atoms. The van der Waals surface area contributed by atoms with Crippen molar-refractivity contribution < 1.29 is 9.09 Å². The van der Waals surface area contributed by atoms with Crippen LogP contribution in [0.1, 0.15) is 47.5 Å². The van der Waals surface area contributed by atoms with Gasteiger partial charge in [-0.1, -0.05) is 27.7 Å². The number of hydrogen-bond acceptors (Lipinski definition) is 3. The van der Waals surface area contributed by atoms with Crippen LogP contribution in [0.4, 0.5) is 0 Å². The van der Waals surface area contributed by atoms with E-state index in [1.165, 1.54) is 0 Å². The highest BCUT2D eigenvalue weighted by Gasteiger charge is 2.30. The quantitative estimate of drug-likeness (QED) is 0.727. The molecule has 1 rings (SSSR count). The molecule has 1 aliphatic heterocycles. The summed E-state index contributed by atoms with van der Waals surface area (Å²) in [7, 11) is -2.58. The monoisotopic (exact) mass is 276 g/mol. The summed E-state index contributed by atoms with van der Waals surface area (Å²) in [5, 5.41) is 8.71. The average molecular weight is 276 g/mol. The van der Waals surface area contributed by atoms with Gasteiger partial charge >= 0.3 is 0 Å². The highest BCUT2D eigenvalue weighted by atomic mass is 31.2. The largest absolute Gasteiger partial charge is 0.318 e. The molecule has 4 nitrogen and oxygen atoms in total. The van der Waals surface area contributed by atoms with Gasteiger partial charge in [0.1, 0.15) is 0 Å². The topological polar surface area (TPSA) is 53.3 Å². The van der Waals surface area contributed by atoms with Crippen LogP contribution in [0.15, 0.2) is 0 Å². The molecule has 0 aromatic rings. The van der Waals surface area contributed by atoms with Gasteiger partial charge in [-0.05, 0) is 19.8 Å². The smallest absolute Gasteiger partial charge is 0.269 e. The van der Waals surface area contributed by atoms with Crippen LogP contribution < -0.4 is 0 Å². The minimum Gasteiger partial charge on any atom is -0.318 e. The van der Waals surface area contributed by atoms with Crippen molar-refractivity contribution in [3.8, 4) is 6.07 Å². The van der Waals surface area contributed by atoms with Crippen LogP contribution in [0.25, 0.3) is 0 Å². The van der Waals surface area contributed by atoms with E-state index in [2.05, 4.69) is 6.07 Å². The van der Waals surface area contributed by atoms with Crippen molar-refractivity contribution in [1.29, 1.82) is 5.26 Å². The standard InChI is InChI=1S/C9H17N2O2P.2C2H6/c1-3-13-14(2,12)11-6-4-9(8-10)5-7-11;2*1-2/h9H,3-7H2,1-2H3;2*1-2H3. The van der Waals surface area contributed by atoms with Gasteiger partial charge in [-0.25, -0.2) is 4.67 Å². The lowest BCUT2D eigenvalue weighted by Crippen LogP contribution is -2.31. The number of nitriles is 1. The third-order valence-electron chi connectivity index (χ3n) is 2.54. The number of piperidine rings is 1. The van der Waals surface area contributed by atoms with E-state index in [0.29, 0.717) is 19.7 Å². The molecule has 1 unspecified atom stereocenters. The SMILES string of the molecule is CC.CC.CCOP(C)(=O)N1CCC(C#N)CC1. The van der Waals surface area contributed by atoms with Gasteiger partial charge in [0, 0.05) is 25.7 Å². The normalized spacial score (nSPS) is 19.4. The molecule has 0 bridgehead atoms. The van der Waals surface area contributed by atoms with Crippen LogP contribution in [0.3, 0.4) is 0 Å². The van der Waals surface area contributed by atoms with Crippen LogP contribution in [0, 0.1) is 17.2 Å².